The van der Waals surface area contributed by atoms with Gasteiger partial charge in [0.25, 0.3) is 5.56 Å². The summed E-state index contributed by atoms with van der Waals surface area (Å²) in [6, 6.07) is 9.11. The number of aromatic nitrogens is 4. The molecular weight excluding hydrogens is 232 g/mol. The van der Waals surface area contributed by atoms with Crippen LogP contribution < -0.4 is 11.2 Å². The van der Waals surface area contributed by atoms with Crippen LogP contribution in [-0.2, 0) is 7.05 Å². The van der Waals surface area contributed by atoms with Crippen molar-refractivity contribution >= 4 is 11.0 Å². The average Bonchev–Trinajstić information content (AvgIpc) is 2.87. The lowest BCUT2D eigenvalue weighted by Gasteiger charge is -2.08. The van der Waals surface area contributed by atoms with Crippen molar-refractivity contribution in [2.75, 3.05) is 0 Å². The first kappa shape index (κ1) is 10.5. The van der Waals surface area contributed by atoms with Gasteiger partial charge in [0.1, 0.15) is 11.0 Å². The summed E-state index contributed by atoms with van der Waals surface area (Å²) in [6.45, 7) is 0. The fraction of sp³-hybridized carbons (Fsp3) is 0.0833. The molecule has 0 saturated carbocycles. The van der Waals surface area contributed by atoms with Crippen LogP contribution in [-0.4, -0.2) is 19.3 Å². The molecule has 0 unspecified atom stereocenters. The van der Waals surface area contributed by atoms with Crippen LogP contribution in [0.1, 0.15) is 0 Å². The molecule has 2 aromatic heterocycles. The van der Waals surface area contributed by atoms with Gasteiger partial charge in [-0.3, -0.25) is 14.5 Å². The minimum atomic E-state index is -0.400. The second-order valence-corrected chi connectivity index (χ2v) is 3.95. The number of fused-ring (bicyclic) bond motifs is 1. The summed E-state index contributed by atoms with van der Waals surface area (Å²) in [6.07, 6.45) is 1.43. The molecule has 0 aliphatic heterocycles. The van der Waals surface area contributed by atoms with Crippen LogP contribution in [0.25, 0.3) is 16.7 Å². The van der Waals surface area contributed by atoms with Gasteiger partial charge in [0.15, 0.2) is 0 Å². The molecular formula is C12H10N4O2. The molecule has 0 atom stereocenters. The average molecular weight is 242 g/mol. The van der Waals surface area contributed by atoms with E-state index in [-0.39, 0.29) is 5.56 Å². The summed E-state index contributed by atoms with van der Waals surface area (Å²) in [7, 11) is 1.45. The van der Waals surface area contributed by atoms with Gasteiger partial charge in [-0.1, -0.05) is 18.2 Å². The summed E-state index contributed by atoms with van der Waals surface area (Å²) >= 11 is 0. The summed E-state index contributed by atoms with van der Waals surface area (Å²) < 4.78 is 2.51. The number of benzene rings is 1. The molecule has 0 aliphatic carbocycles. The van der Waals surface area contributed by atoms with Crippen LogP contribution in [0.15, 0.2) is 46.1 Å². The zero-order chi connectivity index (χ0) is 12.7. The van der Waals surface area contributed by atoms with Crippen molar-refractivity contribution in [1.29, 1.82) is 0 Å². The molecule has 6 heteroatoms. The molecule has 2 heterocycles. The topological polar surface area (TPSA) is 72.7 Å². The van der Waals surface area contributed by atoms with E-state index in [1.54, 1.807) is 12.1 Å². The summed E-state index contributed by atoms with van der Waals surface area (Å²) in [4.78, 5) is 24.1. The Morgan fingerprint density at radius 2 is 1.89 bits per heavy atom. The zero-order valence-corrected chi connectivity index (χ0v) is 9.62. The Balaban J connectivity index is 2.54. The molecule has 90 valence electrons. The van der Waals surface area contributed by atoms with Gasteiger partial charge in [-0.15, -0.1) is 0 Å². The highest BCUT2D eigenvalue weighted by molar-refractivity contribution is 5.74. The molecule has 0 saturated heterocycles. The Labute approximate surface area is 101 Å². The largest absolute Gasteiger partial charge is 0.337 e. The Morgan fingerprint density at radius 1 is 1.17 bits per heavy atom. The zero-order valence-electron chi connectivity index (χ0n) is 9.62. The Hall–Kier alpha value is -2.63. The first-order chi connectivity index (χ1) is 8.70. The van der Waals surface area contributed by atoms with Gasteiger partial charge in [-0.05, 0) is 12.1 Å². The van der Waals surface area contributed by atoms with Gasteiger partial charge in [-0.2, -0.15) is 5.10 Å². The maximum atomic E-state index is 12.2. The van der Waals surface area contributed by atoms with Crippen LogP contribution in [0, 0.1) is 0 Å². The number of aromatic amines is 1. The van der Waals surface area contributed by atoms with Crippen LogP contribution in [0.2, 0.25) is 0 Å². The maximum Gasteiger partial charge on any atom is 0.337 e. The Bertz CT molecular complexity index is 827. The van der Waals surface area contributed by atoms with Gasteiger partial charge >= 0.3 is 5.69 Å². The van der Waals surface area contributed by atoms with Gasteiger partial charge in [0, 0.05) is 7.05 Å². The van der Waals surface area contributed by atoms with Crippen LogP contribution >= 0.6 is 0 Å². The molecule has 6 nitrogen and oxygen atoms in total. The van der Waals surface area contributed by atoms with E-state index in [1.165, 1.54) is 17.8 Å². The fourth-order valence-corrected chi connectivity index (χ4v) is 1.94. The lowest BCUT2D eigenvalue weighted by molar-refractivity contribution is 0.749. The highest BCUT2D eigenvalue weighted by Gasteiger charge is 2.13. The standard InChI is InChI=1S/C12H10N4O2/c1-15-11(17)9-7-13-14-10(9)16(12(15)18)8-5-3-2-4-6-8/h2-7H,1H3,(H,13,14). The first-order valence-electron chi connectivity index (χ1n) is 5.40. The predicted molar refractivity (Wildman–Crippen MR) is 66.9 cm³/mol. The smallest absolute Gasteiger partial charge is 0.268 e. The number of H-pyrrole nitrogens is 1. The molecule has 0 fully saturated rings. The van der Waals surface area contributed by atoms with Crippen molar-refractivity contribution in [1.82, 2.24) is 19.3 Å². The third kappa shape index (κ3) is 1.32. The summed E-state index contributed by atoms with van der Waals surface area (Å²) in [5, 5.41) is 6.92. The Morgan fingerprint density at radius 3 is 2.61 bits per heavy atom. The van der Waals surface area contributed by atoms with E-state index in [2.05, 4.69) is 10.2 Å². The molecule has 0 aliphatic rings. The van der Waals surface area contributed by atoms with E-state index in [0.717, 1.165) is 4.57 Å². The molecule has 0 spiro atoms. The quantitative estimate of drug-likeness (QED) is 0.671. The second-order valence-electron chi connectivity index (χ2n) is 3.95. The van der Waals surface area contributed by atoms with Crippen LogP contribution in [0.5, 0.6) is 0 Å². The molecule has 1 N–H and O–H groups in total. The Kier molecular flexibility index (Phi) is 2.16. The van der Waals surface area contributed by atoms with E-state index in [9.17, 15) is 9.59 Å². The van der Waals surface area contributed by atoms with E-state index in [0.29, 0.717) is 16.7 Å². The fourth-order valence-electron chi connectivity index (χ4n) is 1.94. The summed E-state index contributed by atoms with van der Waals surface area (Å²) in [5.74, 6) is 0. The van der Waals surface area contributed by atoms with Crippen molar-refractivity contribution in [2.45, 2.75) is 0 Å². The summed E-state index contributed by atoms with van der Waals surface area (Å²) in [5.41, 5.74) is 0.348. The molecule has 0 bridgehead atoms. The number of nitrogens with one attached hydrogen (secondary N) is 1. The molecule has 3 aromatic rings. The lowest BCUT2D eigenvalue weighted by Crippen LogP contribution is -2.37. The van der Waals surface area contributed by atoms with Gasteiger partial charge in [0.05, 0.1) is 11.9 Å². The van der Waals surface area contributed by atoms with Gasteiger partial charge < -0.3 is 0 Å². The number of nitrogens with zero attached hydrogens (tertiary/aromatic N) is 3. The van der Waals surface area contributed by atoms with E-state index in [1.807, 2.05) is 18.2 Å². The van der Waals surface area contributed by atoms with Crippen molar-refractivity contribution in [2.24, 2.45) is 7.05 Å². The molecule has 3 rings (SSSR count). The minimum absolute atomic E-state index is 0.351. The lowest BCUT2D eigenvalue weighted by atomic mass is 10.3. The highest BCUT2D eigenvalue weighted by Crippen LogP contribution is 2.10. The van der Waals surface area contributed by atoms with Crippen LogP contribution in [0.3, 0.4) is 0 Å². The minimum Gasteiger partial charge on any atom is -0.268 e. The van der Waals surface area contributed by atoms with E-state index in [4.69, 9.17) is 0 Å². The number of hydrogen-bond acceptors (Lipinski definition) is 3. The molecule has 1 aromatic carbocycles. The normalized spacial score (nSPS) is 10.9. The van der Waals surface area contributed by atoms with Crippen molar-refractivity contribution in [3.8, 4) is 5.69 Å². The second kappa shape index (κ2) is 3.69. The van der Waals surface area contributed by atoms with Gasteiger partial charge in [0.2, 0.25) is 0 Å². The molecule has 0 amide bonds. The monoisotopic (exact) mass is 242 g/mol. The number of hydrogen-bond donors (Lipinski definition) is 1. The highest BCUT2D eigenvalue weighted by atomic mass is 16.2. The van der Waals surface area contributed by atoms with Crippen molar-refractivity contribution < 1.29 is 0 Å². The van der Waals surface area contributed by atoms with Crippen molar-refractivity contribution in [3.05, 3.63) is 57.4 Å². The third-order valence-corrected chi connectivity index (χ3v) is 2.87. The van der Waals surface area contributed by atoms with Crippen molar-refractivity contribution in [3.63, 3.8) is 0 Å². The third-order valence-electron chi connectivity index (χ3n) is 2.87. The van der Waals surface area contributed by atoms with Crippen LogP contribution in [0.4, 0.5) is 0 Å². The van der Waals surface area contributed by atoms with Gasteiger partial charge in [-0.25, -0.2) is 9.36 Å². The number of para-hydroxylation sites is 1. The molecule has 0 radical (unpaired) electrons. The van der Waals surface area contributed by atoms with E-state index >= 15 is 0 Å². The molecule has 18 heavy (non-hydrogen) atoms. The first-order valence-corrected chi connectivity index (χ1v) is 5.40. The number of rotatable bonds is 1. The SMILES string of the molecule is Cn1c(=O)c2cn[nH]c2n(-c2ccccc2)c1=O. The predicted octanol–water partition coefficient (Wildman–Crippen LogP) is 0.413. The maximum absolute atomic E-state index is 12.2. The van der Waals surface area contributed by atoms with E-state index < -0.39 is 5.69 Å².